The zero-order valence-electron chi connectivity index (χ0n) is 15.2. The van der Waals surface area contributed by atoms with Crippen molar-refractivity contribution in [1.82, 2.24) is 5.32 Å². The van der Waals surface area contributed by atoms with Gasteiger partial charge in [-0.2, -0.15) is 0 Å². The number of aliphatic hydroxyl groups excluding tert-OH is 1. The summed E-state index contributed by atoms with van der Waals surface area (Å²) in [5.74, 6) is 0.763. The molecule has 7 heteroatoms. The number of anilines is 1. The van der Waals surface area contributed by atoms with Crippen LogP contribution in [0.2, 0.25) is 0 Å². The average Bonchev–Trinajstić information content (AvgIpc) is 3.06. The zero-order valence-corrected chi connectivity index (χ0v) is 15.2. The summed E-state index contributed by atoms with van der Waals surface area (Å²) in [6, 6.07) is 5.09. The van der Waals surface area contributed by atoms with E-state index in [0.29, 0.717) is 36.9 Å². The number of carbonyl (C=O) groups is 2. The molecule has 0 saturated carbocycles. The van der Waals surface area contributed by atoms with Gasteiger partial charge in [0.05, 0.1) is 18.6 Å². The van der Waals surface area contributed by atoms with E-state index in [-0.39, 0.29) is 36.8 Å². The van der Waals surface area contributed by atoms with E-state index in [0.717, 1.165) is 6.42 Å². The molecule has 142 valence electrons. The predicted molar refractivity (Wildman–Crippen MR) is 96.4 cm³/mol. The van der Waals surface area contributed by atoms with Crippen LogP contribution in [-0.2, 0) is 9.59 Å². The smallest absolute Gasteiger partial charge is 0.227 e. The van der Waals surface area contributed by atoms with Gasteiger partial charge in [0.15, 0.2) is 11.5 Å². The van der Waals surface area contributed by atoms with Crippen LogP contribution in [-0.4, -0.2) is 49.3 Å². The highest BCUT2D eigenvalue weighted by atomic mass is 16.6. The maximum absolute atomic E-state index is 12.5. The molecule has 0 aliphatic carbocycles. The highest BCUT2D eigenvalue weighted by Gasteiger charge is 2.36. The molecule has 0 radical (unpaired) electrons. The first-order chi connectivity index (χ1) is 12.5. The van der Waals surface area contributed by atoms with Gasteiger partial charge in [0.25, 0.3) is 0 Å². The third kappa shape index (κ3) is 3.77. The second kappa shape index (κ2) is 7.95. The number of benzene rings is 1. The van der Waals surface area contributed by atoms with Crippen molar-refractivity contribution in [3.05, 3.63) is 18.2 Å². The highest BCUT2D eigenvalue weighted by molar-refractivity contribution is 6.00. The van der Waals surface area contributed by atoms with Gasteiger partial charge in [-0.1, -0.05) is 20.3 Å². The quantitative estimate of drug-likeness (QED) is 0.797. The lowest BCUT2D eigenvalue weighted by molar-refractivity contribution is -0.127. The van der Waals surface area contributed by atoms with Gasteiger partial charge in [-0.3, -0.25) is 9.59 Å². The van der Waals surface area contributed by atoms with Crippen molar-refractivity contribution in [3.63, 3.8) is 0 Å². The number of hydrogen-bond acceptors (Lipinski definition) is 5. The lowest BCUT2D eigenvalue weighted by Gasteiger charge is -2.24. The third-order valence-electron chi connectivity index (χ3n) is 5.19. The number of nitrogens with zero attached hydrogens (tertiary/aromatic N) is 1. The Kier molecular flexibility index (Phi) is 5.66. The van der Waals surface area contributed by atoms with E-state index in [2.05, 4.69) is 5.32 Å². The van der Waals surface area contributed by atoms with Crippen LogP contribution in [0, 0.1) is 11.8 Å². The molecule has 0 aromatic heterocycles. The van der Waals surface area contributed by atoms with Crippen molar-refractivity contribution in [3.8, 4) is 11.5 Å². The summed E-state index contributed by atoms with van der Waals surface area (Å²) in [6.07, 6.45) is 1.03. The summed E-state index contributed by atoms with van der Waals surface area (Å²) in [6.45, 7) is 5.22. The Bertz CT molecular complexity index is 678. The molecule has 3 atom stereocenters. The van der Waals surface area contributed by atoms with Crippen molar-refractivity contribution in [2.24, 2.45) is 11.8 Å². The van der Waals surface area contributed by atoms with Gasteiger partial charge in [-0.15, -0.1) is 0 Å². The molecule has 1 aromatic carbocycles. The molecule has 2 heterocycles. The molecule has 3 rings (SSSR count). The highest BCUT2D eigenvalue weighted by Crippen LogP contribution is 2.36. The van der Waals surface area contributed by atoms with Crippen molar-refractivity contribution >= 4 is 17.5 Å². The molecule has 2 aliphatic heterocycles. The molecular weight excluding hydrogens is 336 g/mol. The molecule has 0 unspecified atom stereocenters. The summed E-state index contributed by atoms with van der Waals surface area (Å²) < 4.78 is 11.1. The second-order valence-electron chi connectivity index (χ2n) is 6.92. The predicted octanol–water partition coefficient (Wildman–Crippen LogP) is 1.33. The number of rotatable bonds is 6. The zero-order chi connectivity index (χ0) is 18.7. The van der Waals surface area contributed by atoms with Crippen LogP contribution in [0.25, 0.3) is 0 Å². The van der Waals surface area contributed by atoms with Crippen molar-refractivity contribution in [2.45, 2.75) is 32.7 Å². The van der Waals surface area contributed by atoms with Crippen LogP contribution in [0.4, 0.5) is 5.69 Å². The van der Waals surface area contributed by atoms with Gasteiger partial charge in [-0.05, 0) is 18.1 Å². The SMILES string of the molecule is CC[C@H](C)[C@H](CO)NC(=O)[C@H]1CC(=O)N(c2ccc3c(c2)OCCO3)C1. The lowest BCUT2D eigenvalue weighted by Crippen LogP contribution is -2.45. The number of aliphatic hydroxyl groups is 1. The lowest BCUT2D eigenvalue weighted by atomic mass is 9.98. The largest absolute Gasteiger partial charge is 0.486 e. The Morgan fingerprint density at radius 2 is 2.08 bits per heavy atom. The second-order valence-corrected chi connectivity index (χ2v) is 6.92. The Labute approximate surface area is 153 Å². The monoisotopic (exact) mass is 362 g/mol. The van der Waals surface area contributed by atoms with Gasteiger partial charge in [0, 0.05) is 24.7 Å². The van der Waals surface area contributed by atoms with Crippen LogP contribution in [0.5, 0.6) is 11.5 Å². The Morgan fingerprint density at radius 3 is 2.77 bits per heavy atom. The van der Waals surface area contributed by atoms with Crippen LogP contribution >= 0.6 is 0 Å². The van der Waals surface area contributed by atoms with Gasteiger partial charge < -0.3 is 24.8 Å². The number of hydrogen-bond donors (Lipinski definition) is 2. The Hall–Kier alpha value is -2.28. The van der Waals surface area contributed by atoms with Gasteiger partial charge in [0.1, 0.15) is 13.2 Å². The minimum atomic E-state index is -0.422. The Morgan fingerprint density at radius 1 is 1.35 bits per heavy atom. The minimum absolute atomic E-state index is 0.0917. The fourth-order valence-corrected chi connectivity index (χ4v) is 3.29. The summed E-state index contributed by atoms with van der Waals surface area (Å²) in [5, 5.41) is 12.4. The van der Waals surface area contributed by atoms with E-state index in [9.17, 15) is 14.7 Å². The molecule has 0 bridgehead atoms. The van der Waals surface area contributed by atoms with E-state index in [1.165, 1.54) is 0 Å². The van der Waals surface area contributed by atoms with E-state index in [1.807, 2.05) is 13.8 Å². The molecule has 2 N–H and O–H groups in total. The molecule has 1 aromatic rings. The van der Waals surface area contributed by atoms with Gasteiger partial charge in [-0.25, -0.2) is 0 Å². The molecule has 2 aliphatic rings. The van der Waals surface area contributed by atoms with E-state index >= 15 is 0 Å². The van der Waals surface area contributed by atoms with Crippen molar-refractivity contribution < 1.29 is 24.2 Å². The first-order valence-electron chi connectivity index (χ1n) is 9.14. The topological polar surface area (TPSA) is 88.1 Å². The molecular formula is C19H26N2O5. The van der Waals surface area contributed by atoms with Crippen molar-refractivity contribution in [1.29, 1.82) is 0 Å². The number of fused-ring (bicyclic) bond motifs is 1. The van der Waals surface area contributed by atoms with E-state index < -0.39 is 5.92 Å². The minimum Gasteiger partial charge on any atom is -0.486 e. The van der Waals surface area contributed by atoms with E-state index in [4.69, 9.17) is 9.47 Å². The number of amides is 2. The number of ether oxygens (including phenoxy) is 2. The molecule has 26 heavy (non-hydrogen) atoms. The van der Waals surface area contributed by atoms with Gasteiger partial charge in [0.2, 0.25) is 11.8 Å². The fraction of sp³-hybridized carbons (Fsp3) is 0.579. The van der Waals surface area contributed by atoms with Gasteiger partial charge >= 0.3 is 0 Å². The summed E-state index contributed by atoms with van der Waals surface area (Å²) in [4.78, 5) is 26.6. The molecule has 1 fully saturated rings. The summed E-state index contributed by atoms with van der Waals surface area (Å²) >= 11 is 0. The first kappa shape index (κ1) is 18.5. The molecule has 7 nitrogen and oxygen atoms in total. The normalized spacial score (nSPS) is 21.4. The Balaban J connectivity index is 1.67. The summed E-state index contributed by atoms with van der Waals surface area (Å²) in [5.41, 5.74) is 0.704. The molecule has 2 amide bonds. The van der Waals surface area contributed by atoms with Crippen LogP contribution in [0.1, 0.15) is 26.7 Å². The summed E-state index contributed by atoms with van der Waals surface area (Å²) in [7, 11) is 0. The maximum Gasteiger partial charge on any atom is 0.227 e. The number of nitrogens with one attached hydrogen (secondary N) is 1. The van der Waals surface area contributed by atoms with E-state index in [1.54, 1.807) is 23.1 Å². The number of carbonyl (C=O) groups excluding carboxylic acids is 2. The van der Waals surface area contributed by atoms with Crippen LogP contribution in [0.3, 0.4) is 0 Å². The standard InChI is InChI=1S/C19H26N2O5/c1-3-12(2)15(11-22)20-19(24)13-8-18(23)21(10-13)14-4-5-16-17(9-14)26-7-6-25-16/h4-5,9,12-13,15,22H,3,6-8,10-11H2,1-2H3,(H,20,24)/t12-,13-,15-/m0/s1. The van der Waals surface area contributed by atoms with Crippen LogP contribution in [0.15, 0.2) is 18.2 Å². The first-order valence-corrected chi connectivity index (χ1v) is 9.14. The molecule has 0 spiro atoms. The van der Waals surface area contributed by atoms with Crippen LogP contribution < -0.4 is 19.7 Å². The third-order valence-corrected chi connectivity index (χ3v) is 5.19. The average molecular weight is 362 g/mol. The fourth-order valence-electron chi connectivity index (χ4n) is 3.29. The van der Waals surface area contributed by atoms with Crippen molar-refractivity contribution in [2.75, 3.05) is 31.3 Å². The maximum atomic E-state index is 12.5. The molecule has 1 saturated heterocycles.